The number of nitrogens with zero attached hydrogens (tertiary/aromatic N) is 1. The van der Waals surface area contributed by atoms with Gasteiger partial charge in [-0.1, -0.05) is 113 Å². The molecule has 2 amide bonds. The minimum Gasteiger partial charge on any atom is -0.507 e. The van der Waals surface area contributed by atoms with Gasteiger partial charge in [-0.05, 0) is 38.3 Å². The van der Waals surface area contributed by atoms with Crippen LogP contribution in [0.25, 0.3) is 0 Å². The highest BCUT2D eigenvalue weighted by Crippen LogP contribution is 2.44. The number of likely N-dealkylation sites (N-methyl/N-ethyl adjacent to an activating group) is 1. The van der Waals surface area contributed by atoms with Gasteiger partial charge in [-0.25, -0.2) is 0 Å². The second-order valence-electron chi connectivity index (χ2n) is 15.0. The number of hydrogen-bond donors (Lipinski definition) is 6. The van der Waals surface area contributed by atoms with Crippen LogP contribution in [-0.2, 0) is 23.9 Å². The predicted molar refractivity (Wildman–Crippen MR) is 218 cm³/mol. The summed E-state index contributed by atoms with van der Waals surface area (Å²) in [6.07, 6.45) is 19.8. The lowest BCUT2D eigenvalue weighted by Gasteiger charge is -2.50. The Labute approximate surface area is 332 Å². The number of ether oxygens (including phenoxy) is 2. The monoisotopic (exact) mass is 780 g/mol. The molecule has 2 aliphatic heterocycles. The summed E-state index contributed by atoms with van der Waals surface area (Å²) in [4.78, 5) is 39.1. The third kappa shape index (κ3) is 12.9. The van der Waals surface area contributed by atoms with Gasteiger partial charge in [-0.2, -0.15) is 0 Å². The molecule has 8 atom stereocenters. The molecule has 0 aromatic heterocycles. The number of nitrogens with one attached hydrogen (secondary N) is 1. The molecule has 0 aliphatic carbocycles. The van der Waals surface area contributed by atoms with E-state index in [0.29, 0.717) is 18.5 Å². The van der Waals surface area contributed by atoms with E-state index in [4.69, 9.17) is 9.47 Å². The van der Waals surface area contributed by atoms with Crippen molar-refractivity contribution in [2.24, 2.45) is 17.3 Å². The first-order valence-electron chi connectivity index (χ1n) is 19.2. The molecule has 56 heavy (non-hydrogen) atoms. The Bertz CT molecular complexity index is 1630. The Morgan fingerprint density at radius 2 is 1.71 bits per heavy atom. The molecule has 2 aliphatic rings. The van der Waals surface area contributed by atoms with Crippen molar-refractivity contribution in [2.75, 3.05) is 27.2 Å². The first-order chi connectivity index (χ1) is 26.4. The molecule has 2 heterocycles. The van der Waals surface area contributed by atoms with Crippen LogP contribution >= 0.6 is 0 Å². The van der Waals surface area contributed by atoms with Gasteiger partial charge in [0.25, 0.3) is 5.91 Å². The van der Waals surface area contributed by atoms with Crippen molar-refractivity contribution >= 4 is 17.6 Å². The van der Waals surface area contributed by atoms with Gasteiger partial charge in [0.05, 0.1) is 36.4 Å². The molecule has 310 valence electrons. The second-order valence-corrected chi connectivity index (χ2v) is 15.0. The second kappa shape index (κ2) is 22.5. The van der Waals surface area contributed by atoms with Crippen LogP contribution in [0, 0.1) is 17.3 Å². The molecule has 2 saturated heterocycles. The molecule has 12 heteroatoms. The zero-order valence-electron chi connectivity index (χ0n) is 34.4. The Hall–Kier alpha value is -4.17. The summed E-state index contributed by atoms with van der Waals surface area (Å²) < 4.78 is 11.8. The van der Waals surface area contributed by atoms with Gasteiger partial charge < -0.3 is 45.2 Å². The summed E-state index contributed by atoms with van der Waals surface area (Å²) in [6.45, 7) is 13.1. The van der Waals surface area contributed by atoms with Crippen LogP contribution in [0.3, 0.4) is 0 Å². The number of methoxy groups -OCH3 is 1. The van der Waals surface area contributed by atoms with Gasteiger partial charge in [0.15, 0.2) is 11.6 Å². The Kier molecular flexibility index (Phi) is 19.3. The van der Waals surface area contributed by atoms with Gasteiger partial charge >= 0.3 is 0 Å². The smallest absolute Gasteiger partial charge is 0.261 e. The topological polar surface area (TPSA) is 186 Å². The van der Waals surface area contributed by atoms with Crippen LogP contribution in [0.4, 0.5) is 0 Å². The summed E-state index contributed by atoms with van der Waals surface area (Å²) in [5.74, 6) is -4.89. The maximum Gasteiger partial charge on any atom is 0.261 e. The maximum absolute atomic E-state index is 13.2. The molecular weight excluding hydrogens is 716 g/mol. The van der Waals surface area contributed by atoms with Crippen LogP contribution in [0.2, 0.25) is 0 Å². The molecule has 0 bridgehead atoms. The van der Waals surface area contributed by atoms with Crippen LogP contribution in [0.15, 0.2) is 108 Å². The number of carbonyl (C=O) groups is 3. The molecule has 12 nitrogen and oxygen atoms in total. The van der Waals surface area contributed by atoms with E-state index in [0.717, 1.165) is 5.57 Å². The predicted octanol–water partition coefficient (Wildman–Crippen LogP) is 4.86. The third-order valence-electron chi connectivity index (χ3n) is 10.4. The van der Waals surface area contributed by atoms with Crippen LogP contribution < -0.4 is 5.32 Å². The van der Waals surface area contributed by atoms with Crippen molar-refractivity contribution in [3.63, 3.8) is 0 Å². The molecule has 2 fully saturated rings. The normalized spacial score (nSPS) is 26.6. The number of rotatable bonds is 18. The summed E-state index contributed by atoms with van der Waals surface area (Å²) >= 11 is 0. The number of piperidine rings is 1. The van der Waals surface area contributed by atoms with E-state index in [1.165, 1.54) is 18.1 Å². The van der Waals surface area contributed by atoms with Gasteiger partial charge in [0, 0.05) is 51.4 Å². The summed E-state index contributed by atoms with van der Waals surface area (Å²) in [5.41, 5.74) is 0.270. The molecule has 0 aromatic rings. The number of likely N-dealkylation sites (tertiary alicyclic amines) is 1. The van der Waals surface area contributed by atoms with Gasteiger partial charge in [-0.3, -0.25) is 14.4 Å². The molecule has 5 unspecified atom stereocenters. The molecule has 2 rings (SSSR count). The quantitative estimate of drug-likeness (QED) is 0.0486. The van der Waals surface area contributed by atoms with E-state index in [1.54, 1.807) is 94.7 Å². The standard InChI is InChI=1S/C44H64N2O10/c1-10-12-16-24-36-43(6,7)35(49)28-44(54,56-36)32(11-2)41(52)45-26-20-19-22-30(4)40(55-9)31(5)39(51)34(48)23-18-15-13-14-17-21-29(3)38(50)37-33(47)25-27-46(8)42(37)53/h10,12-24,31-32,34-36,39-40,48-51,54H,11,25-28H2,1-9H3,(H,45,52)/b12-10-,15-13+,17-14+,20-19+,23-18+,24-16+,29-21+,30-22+,38-37-/t31?,32?,34?,35-,36-,39?,40?,44-/m0/s1. The van der Waals surface area contributed by atoms with Gasteiger partial charge in [0.1, 0.15) is 11.3 Å². The molecule has 6 N–H and O–H groups in total. The van der Waals surface area contributed by atoms with Crippen molar-refractivity contribution in [3.8, 4) is 0 Å². The number of ketones is 1. The van der Waals surface area contributed by atoms with Crippen LogP contribution in [0.1, 0.15) is 67.7 Å². The zero-order valence-corrected chi connectivity index (χ0v) is 34.4. The van der Waals surface area contributed by atoms with Crippen LogP contribution in [0.5, 0.6) is 0 Å². The average molecular weight is 781 g/mol. The van der Waals surface area contributed by atoms with E-state index < -0.39 is 65.4 Å². The Balaban J connectivity index is 1.96. The third-order valence-corrected chi connectivity index (χ3v) is 10.4. The number of aliphatic hydroxyl groups is 5. The molecule has 0 radical (unpaired) electrons. The Morgan fingerprint density at radius 3 is 2.36 bits per heavy atom. The van der Waals surface area contributed by atoms with E-state index in [9.17, 15) is 39.9 Å². The highest BCUT2D eigenvalue weighted by Gasteiger charge is 2.54. The van der Waals surface area contributed by atoms with Crippen LogP contribution in [-0.4, -0.2) is 112 Å². The zero-order chi connectivity index (χ0) is 42.2. The van der Waals surface area contributed by atoms with E-state index >= 15 is 0 Å². The number of amides is 2. The fourth-order valence-electron chi connectivity index (χ4n) is 6.62. The van der Waals surface area contributed by atoms with Crippen molar-refractivity contribution in [2.45, 2.75) is 104 Å². The van der Waals surface area contributed by atoms with E-state index in [-0.39, 0.29) is 36.5 Å². The fourth-order valence-corrected chi connectivity index (χ4v) is 6.62. The van der Waals surface area contributed by atoms with Crippen molar-refractivity contribution < 1.29 is 49.4 Å². The lowest BCUT2D eigenvalue weighted by Crippen LogP contribution is -2.60. The fraction of sp³-hybridized carbons (Fsp3) is 0.523. The maximum atomic E-state index is 13.2. The summed E-state index contributed by atoms with van der Waals surface area (Å²) in [5, 5.41) is 57.3. The Morgan fingerprint density at radius 1 is 1.05 bits per heavy atom. The van der Waals surface area contributed by atoms with E-state index in [1.807, 2.05) is 39.8 Å². The van der Waals surface area contributed by atoms with Crippen molar-refractivity contribution in [1.29, 1.82) is 0 Å². The SMILES string of the molecule is C/C=C\C=C\[C@@H]1O[C@](O)(C(CC)C(=O)NC/C=C/C=C(\C)C(OC)C(C)C(O)C(O)/C=C/C=C/C=C/C=C(C)/C(O)=C2\C(=O)CCN(C)C2=O)C[C@H](O)C1(C)C. The van der Waals surface area contributed by atoms with E-state index in [2.05, 4.69) is 5.32 Å². The minimum absolute atomic E-state index is 0.0999. The summed E-state index contributed by atoms with van der Waals surface area (Å²) in [7, 11) is 3.10. The molecular formula is C44H64N2O10. The van der Waals surface area contributed by atoms with Crippen molar-refractivity contribution in [3.05, 3.63) is 108 Å². The lowest BCUT2D eigenvalue weighted by molar-refractivity contribution is -0.314. The van der Waals surface area contributed by atoms with Gasteiger partial charge in [-0.15, -0.1) is 0 Å². The lowest BCUT2D eigenvalue weighted by atomic mass is 9.72. The largest absolute Gasteiger partial charge is 0.507 e. The molecule has 0 saturated carbocycles. The highest BCUT2D eigenvalue weighted by atomic mass is 16.6. The molecule has 0 aromatic carbocycles. The number of Topliss-reactive ketones (excluding diaryl/α,β-unsaturated/α-hetero) is 1. The number of aliphatic hydroxyl groups excluding tert-OH is 4. The number of allylic oxidation sites excluding steroid dienone is 12. The molecule has 0 spiro atoms. The average Bonchev–Trinajstić information content (AvgIpc) is 3.14. The summed E-state index contributed by atoms with van der Waals surface area (Å²) in [6, 6.07) is 0. The highest BCUT2D eigenvalue weighted by molar-refractivity contribution is 6.21. The first-order valence-corrected chi connectivity index (χ1v) is 19.2. The first kappa shape index (κ1) is 48.0. The number of hydrogen-bond acceptors (Lipinski definition) is 10. The van der Waals surface area contributed by atoms with Gasteiger partial charge in [0.2, 0.25) is 5.91 Å². The minimum atomic E-state index is -1.85. The number of carbonyl (C=O) groups excluding carboxylic acids is 3. The van der Waals surface area contributed by atoms with Crippen molar-refractivity contribution in [1.82, 2.24) is 10.2 Å².